The minimum absolute atomic E-state index is 0.286. The number of rotatable bonds is 2. The van der Waals surface area contributed by atoms with E-state index in [1.807, 2.05) is 0 Å². The molecule has 0 bridgehead atoms. The molecular weight excluding hydrogens is 216 g/mol. The van der Waals surface area contributed by atoms with Crippen LogP contribution in [0, 0.1) is 23.7 Å². The lowest BCUT2D eigenvalue weighted by Gasteiger charge is -2.40. The zero-order valence-electron chi connectivity index (χ0n) is 10.9. The summed E-state index contributed by atoms with van der Waals surface area (Å²) in [5, 5.41) is 0.286. The van der Waals surface area contributed by atoms with Crippen molar-refractivity contribution in [3.63, 3.8) is 0 Å². The smallest absolute Gasteiger partial charge is 0.192 e. The average molecular weight is 238 g/mol. The van der Waals surface area contributed by atoms with Crippen molar-refractivity contribution in [2.24, 2.45) is 23.7 Å². The SMILES string of the molecule is CC(C)(C)[Si](C)(C)O[C@H]1C[C@H]2C(=O)[C@H]3[C@H]1[C@H]32. The fourth-order valence-electron chi connectivity index (χ4n) is 3.42. The van der Waals surface area contributed by atoms with Crippen molar-refractivity contribution >= 4 is 14.1 Å². The Morgan fingerprint density at radius 1 is 1.25 bits per heavy atom. The van der Waals surface area contributed by atoms with Gasteiger partial charge in [-0.1, -0.05) is 20.8 Å². The van der Waals surface area contributed by atoms with Crippen molar-refractivity contribution in [3.8, 4) is 0 Å². The van der Waals surface area contributed by atoms with Gasteiger partial charge in [0.1, 0.15) is 5.78 Å². The molecule has 3 aliphatic rings. The second-order valence-corrected chi connectivity index (χ2v) is 12.1. The Kier molecular flexibility index (Phi) is 1.92. The lowest BCUT2D eigenvalue weighted by atomic mass is 9.80. The summed E-state index contributed by atoms with van der Waals surface area (Å²) in [5.74, 6) is 2.72. The predicted octanol–water partition coefficient (Wildman–Crippen LogP) is 2.84. The molecule has 2 nitrogen and oxygen atoms in total. The zero-order valence-corrected chi connectivity index (χ0v) is 11.9. The van der Waals surface area contributed by atoms with Gasteiger partial charge in [0.25, 0.3) is 0 Å². The first kappa shape index (κ1) is 11.0. The minimum atomic E-state index is -1.63. The molecule has 0 unspecified atom stereocenters. The van der Waals surface area contributed by atoms with Crippen LogP contribution in [-0.4, -0.2) is 20.2 Å². The largest absolute Gasteiger partial charge is 0.414 e. The molecule has 0 aromatic carbocycles. The molecule has 3 heteroatoms. The van der Waals surface area contributed by atoms with Crippen LogP contribution in [0.1, 0.15) is 27.2 Å². The van der Waals surface area contributed by atoms with Gasteiger partial charge in [-0.15, -0.1) is 0 Å². The molecule has 0 amide bonds. The number of hydrogen-bond acceptors (Lipinski definition) is 2. The summed E-state index contributed by atoms with van der Waals surface area (Å²) in [4.78, 5) is 11.5. The molecular formula is C13H22O2Si. The van der Waals surface area contributed by atoms with Crippen LogP contribution in [0.4, 0.5) is 0 Å². The first-order valence-corrected chi connectivity index (χ1v) is 9.36. The fraction of sp³-hybridized carbons (Fsp3) is 0.923. The standard InChI is InChI=1S/C13H22O2Si/c1-13(2,3)16(4,5)15-8-6-7-9-10(8)11(9)12(7)14/h7-11H,6H2,1-5H3/t7-,8+,9-,10-,11-/m1/s1. The highest BCUT2D eigenvalue weighted by molar-refractivity contribution is 6.74. The number of fused-ring (bicyclic) bond motifs is 1. The molecule has 0 spiro atoms. The molecule has 5 atom stereocenters. The van der Waals surface area contributed by atoms with E-state index in [1.54, 1.807) is 0 Å². The second-order valence-electron chi connectivity index (χ2n) is 7.34. The van der Waals surface area contributed by atoms with Crippen LogP contribution in [0.25, 0.3) is 0 Å². The molecule has 0 heterocycles. The van der Waals surface area contributed by atoms with E-state index in [0.717, 1.165) is 12.3 Å². The lowest BCUT2D eigenvalue weighted by molar-refractivity contribution is -0.132. The van der Waals surface area contributed by atoms with Crippen molar-refractivity contribution in [3.05, 3.63) is 0 Å². The van der Waals surface area contributed by atoms with Gasteiger partial charge in [0, 0.05) is 17.9 Å². The maximum Gasteiger partial charge on any atom is 0.192 e. The summed E-state index contributed by atoms with van der Waals surface area (Å²) in [6.07, 6.45) is 1.44. The second kappa shape index (κ2) is 2.81. The van der Waals surface area contributed by atoms with Gasteiger partial charge in [0.15, 0.2) is 8.32 Å². The Hall–Kier alpha value is -0.153. The van der Waals surface area contributed by atoms with Gasteiger partial charge in [-0.25, -0.2) is 0 Å². The van der Waals surface area contributed by atoms with Gasteiger partial charge in [-0.05, 0) is 36.4 Å². The van der Waals surface area contributed by atoms with Gasteiger partial charge < -0.3 is 4.43 Å². The van der Waals surface area contributed by atoms with E-state index in [0.29, 0.717) is 29.6 Å². The van der Waals surface area contributed by atoms with Crippen LogP contribution >= 0.6 is 0 Å². The number of carbonyl (C=O) groups excluding carboxylic acids is 1. The van der Waals surface area contributed by atoms with E-state index in [1.165, 1.54) is 0 Å². The Morgan fingerprint density at radius 2 is 1.88 bits per heavy atom. The molecule has 3 fully saturated rings. The third-order valence-electron chi connectivity index (χ3n) is 5.46. The Balaban J connectivity index is 1.68. The molecule has 0 radical (unpaired) electrons. The summed E-state index contributed by atoms with van der Waals surface area (Å²) >= 11 is 0. The monoisotopic (exact) mass is 238 g/mol. The average Bonchev–Trinajstić information content (AvgIpc) is 2.71. The maximum atomic E-state index is 11.5. The van der Waals surface area contributed by atoms with Crippen LogP contribution in [-0.2, 0) is 9.22 Å². The van der Waals surface area contributed by atoms with Crippen molar-refractivity contribution in [2.45, 2.75) is 51.4 Å². The number of Topliss-reactive ketones (excluding diaryl/α,β-unsaturated/α-hetero) is 1. The summed E-state index contributed by atoms with van der Waals surface area (Å²) < 4.78 is 6.45. The van der Waals surface area contributed by atoms with Gasteiger partial charge in [0.05, 0.1) is 0 Å². The van der Waals surface area contributed by atoms with Crippen molar-refractivity contribution < 1.29 is 9.22 Å². The summed E-state index contributed by atoms with van der Waals surface area (Å²) in [5.41, 5.74) is 0. The van der Waals surface area contributed by atoms with Crippen molar-refractivity contribution in [1.29, 1.82) is 0 Å². The predicted molar refractivity (Wildman–Crippen MR) is 65.7 cm³/mol. The summed E-state index contributed by atoms with van der Waals surface area (Å²) in [6.45, 7) is 11.5. The first-order chi connectivity index (χ1) is 7.24. The maximum absolute atomic E-state index is 11.5. The van der Waals surface area contributed by atoms with Crippen LogP contribution in [0.5, 0.6) is 0 Å². The van der Waals surface area contributed by atoms with Crippen LogP contribution in [0.3, 0.4) is 0 Å². The molecule has 0 aliphatic heterocycles. The van der Waals surface area contributed by atoms with E-state index in [2.05, 4.69) is 33.9 Å². The van der Waals surface area contributed by atoms with E-state index in [4.69, 9.17) is 4.43 Å². The van der Waals surface area contributed by atoms with Gasteiger partial charge in [-0.3, -0.25) is 4.79 Å². The highest BCUT2D eigenvalue weighted by Crippen LogP contribution is 2.71. The van der Waals surface area contributed by atoms with Crippen molar-refractivity contribution in [1.82, 2.24) is 0 Å². The summed E-state index contributed by atoms with van der Waals surface area (Å²) in [7, 11) is -1.63. The zero-order chi connectivity index (χ0) is 11.9. The van der Waals surface area contributed by atoms with Gasteiger partial charge >= 0.3 is 0 Å². The minimum Gasteiger partial charge on any atom is -0.414 e. The third kappa shape index (κ3) is 1.19. The molecule has 3 aliphatic carbocycles. The van der Waals surface area contributed by atoms with Crippen LogP contribution in [0.15, 0.2) is 0 Å². The van der Waals surface area contributed by atoms with Gasteiger partial charge in [0.2, 0.25) is 0 Å². The molecule has 0 aromatic heterocycles. The fourth-order valence-corrected chi connectivity index (χ4v) is 4.78. The Bertz CT molecular complexity index is 355. The summed E-state index contributed by atoms with van der Waals surface area (Å²) in [6, 6.07) is 0. The van der Waals surface area contributed by atoms with Gasteiger partial charge in [-0.2, -0.15) is 0 Å². The highest BCUT2D eigenvalue weighted by atomic mass is 28.4. The lowest BCUT2D eigenvalue weighted by Crippen LogP contribution is -2.46. The molecule has 0 aromatic rings. The first-order valence-electron chi connectivity index (χ1n) is 6.45. The highest BCUT2D eigenvalue weighted by Gasteiger charge is 2.76. The van der Waals surface area contributed by atoms with E-state index < -0.39 is 8.32 Å². The van der Waals surface area contributed by atoms with E-state index in [-0.39, 0.29) is 5.04 Å². The van der Waals surface area contributed by atoms with E-state index >= 15 is 0 Å². The van der Waals surface area contributed by atoms with Crippen molar-refractivity contribution in [2.75, 3.05) is 0 Å². The normalized spacial score (nSPS) is 45.3. The molecule has 0 saturated heterocycles. The topological polar surface area (TPSA) is 26.3 Å². The van der Waals surface area contributed by atoms with Crippen LogP contribution < -0.4 is 0 Å². The van der Waals surface area contributed by atoms with Crippen LogP contribution in [0.2, 0.25) is 18.1 Å². The Labute approximate surface area is 98.9 Å². The molecule has 3 rings (SSSR count). The third-order valence-corrected chi connectivity index (χ3v) is 9.96. The quantitative estimate of drug-likeness (QED) is 0.692. The molecule has 3 saturated carbocycles. The molecule has 0 N–H and O–H groups in total. The van der Waals surface area contributed by atoms with E-state index in [9.17, 15) is 4.79 Å². The molecule has 16 heavy (non-hydrogen) atoms. The number of ketones is 1. The number of hydrogen-bond donors (Lipinski definition) is 0. The molecule has 90 valence electrons. The number of carbonyl (C=O) groups is 1. The Morgan fingerprint density at radius 3 is 2.25 bits per heavy atom.